The lowest BCUT2D eigenvalue weighted by Crippen LogP contribution is -2.48. The van der Waals surface area contributed by atoms with Gasteiger partial charge in [0.15, 0.2) is 0 Å². The van der Waals surface area contributed by atoms with E-state index in [1.165, 1.54) is 0 Å². The molecule has 1 heterocycles. The number of nitrogens with zero attached hydrogens (tertiary/aromatic N) is 1. The summed E-state index contributed by atoms with van der Waals surface area (Å²) < 4.78 is 38.5. The van der Waals surface area contributed by atoms with Crippen LogP contribution in [0.5, 0.6) is 0 Å². The summed E-state index contributed by atoms with van der Waals surface area (Å²) in [6.07, 6.45) is -4.36. The van der Waals surface area contributed by atoms with Gasteiger partial charge < -0.3 is 10.2 Å². The van der Waals surface area contributed by atoms with E-state index in [-0.39, 0.29) is 13.0 Å². The van der Waals surface area contributed by atoms with Gasteiger partial charge in [0.1, 0.15) is 6.04 Å². The third kappa shape index (κ3) is 3.60. The molecule has 0 spiro atoms. The van der Waals surface area contributed by atoms with E-state index in [1.807, 2.05) is 6.92 Å². The summed E-state index contributed by atoms with van der Waals surface area (Å²) in [6.45, 7) is 1.77. The summed E-state index contributed by atoms with van der Waals surface area (Å²) in [7, 11) is 0. The summed E-state index contributed by atoms with van der Waals surface area (Å²) in [5, 5.41) is 2.57. The highest BCUT2D eigenvalue weighted by atomic mass is 79.9. The molecule has 2 amide bonds. The summed E-state index contributed by atoms with van der Waals surface area (Å²) in [4.78, 5) is 24.1. The number of benzene rings is 1. The van der Waals surface area contributed by atoms with Crippen LogP contribution >= 0.6 is 15.9 Å². The van der Waals surface area contributed by atoms with Crippen LogP contribution in [0.25, 0.3) is 0 Å². The first-order valence-corrected chi connectivity index (χ1v) is 7.44. The van der Waals surface area contributed by atoms with Gasteiger partial charge in [-0.05, 0) is 43.5 Å². The van der Waals surface area contributed by atoms with Crippen LogP contribution in [-0.4, -0.2) is 35.5 Å². The van der Waals surface area contributed by atoms with Crippen LogP contribution in [-0.2, 0) is 9.59 Å². The number of anilines is 1. The fourth-order valence-electron chi connectivity index (χ4n) is 2.39. The number of aryl methyl sites for hydroxylation is 1. The minimum atomic E-state index is -4.96. The maximum absolute atomic E-state index is 12.5. The van der Waals surface area contributed by atoms with E-state index in [0.717, 1.165) is 10.0 Å². The zero-order valence-corrected chi connectivity index (χ0v) is 13.3. The Kier molecular flexibility index (Phi) is 4.79. The lowest BCUT2D eigenvalue weighted by molar-refractivity contribution is -0.186. The maximum atomic E-state index is 12.5. The minimum absolute atomic E-state index is 0.0597. The molecule has 1 N–H and O–H groups in total. The van der Waals surface area contributed by atoms with Gasteiger partial charge in [0.25, 0.3) is 0 Å². The Morgan fingerprint density at radius 3 is 2.64 bits per heavy atom. The predicted molar refractivity (Wildman–Crippen MR) is 78.3 cm³/mol. The van der Waals surface area contributed by atoms with Gasteiger partial charge in [0.2, 0.25) is 5.91 Å². The van der Waals surface area contributed by atoms with Crippen molar-refractivity contribution in [3.05, 3.63) is 28.2 Å². The summed E-state index contributed by atoms with van der Waals surface area (Å²) in [5.41, 5.74) is 1.37. The molecule has 22 heavy (non-hydrogen) atoms. The number of rotatable bonds is 2. The Labute approximate surface area is 133 Å². The third-order valence-electron chi connectivity index (χ3n) is 3.48. The van der Waals surface area contributed by atoms with Crippen molar-refractivity contribution >= 4 is 33.4 Å². The number of halogens is 4. The molecular weight excluding hydrogens is 365 g/mol. The van der Waals surface area contributed by atoms with E-state index in [4.69, 9.17) is 0 Å². The molecule has 2 rings (SSSR count). The number of carbonyl (C=O) groups is 2. The number of hydrogen-bond acceptors (Lipinski definition) is 2. The largest absolute Gasteiger partial charge is 0.471 e. The van der Waals surface area contributed by atoms with E-state index in [1.54, 1.807) is 18.2 Å². The molecule has 0 radical (unpaired) electrons. The molecule has 0 aromatic heterocycles. The van der Waals surface area contributed by atoms with Gasteiger partial charge in [-0.15, -0.1) is 0 Å². The first-order valence-electron chi connectivity index (χ1n) is 6.65. The van der Waals surface area contributed by atoms with Crippen molar-refractivity contribution in [2.75, 3.05) is 11.9 Å². The molecule has 1 aromatic rings. The number of amides is 2. The average Bonchev–Trinajstić information content (AvgIpc) is 2.90. The Morgan fingerprint density at radius 2 is 2.05 bits per heavy atom. The normalized spacial score (nSPS) is 18.4. The van der Waals surface area contributed by atoms with Crippen LogP contribution in [0.4, 0.5) is 18.9 Å². The maximum Gasteiger partial charge on any atom is 0.471 e. The molecule has 1 aliphatic rings. The van der Waals surface area contributed by atoms with E-state index < -0.39 is 24.0 Å². The molecule has 120 valence electrons. The second kappa shape index (κ2) is 6.28. The van der Waals surface area contributed by atoms with Gasteiger partial charge >= 0.3 is 12.1 Å². The number of alkyl halides is 3. The zero-order valence-electron chi connectivity index (χ0n) is 11.7. The average molecular weight is 379 g/mol. The van der Waals surface area contributed by atoms with Crippen molar-refractivity contribution in [1.29, 1.82) is 0 Å². The predicted octanol–water partition coefficient (Wildman–Crippen LogP) is 3.25. The summed E-state index contributed by atoms with van der Waals surface area (Å²) in [5.74, 6) is -2.56. The van der Waals surface area contributed by atoms with Gasteiger partial charge in [0, 0.05) is 16.7 Å². The molecule has 0 bridgehead atoms. The van der Waals surface area contributed by atoms with E-state index in [2.05, 4.69) is 21.2 Å². The third-order valence-corrected chi connectivity index (χ3v) is 4.37. The standard InChI is InChI=1S/C14H14BrF3N2O2/c1-8-7-9(4-5-10(8)15)19-12(21)11-3-2-6-20(11)13(22)14(16,17)18/h4-5,7,11H,2-3,6H2,1H3,(H,19,21). The summed E-state index contributed by atoms with van der Waals surface area (Å²) >= 11 is 3.32. The Balaban J connectivity index is 2.11. The highest BCUT2D eigenvalue weighted by Gasteiger charge is 2.47. The van der Waals surface area contributed by atoms with Crippen LogP contribution in [0.15, 0.2) is 22.7 Å². The molecule has 1 atom stereocenters. The van der Waals surface area contributed by atoms with Crippen LogP contribution < -0.4 is 5.32 Å². The van der Waals surface area contributed by atoms with Crippen molar-refractivity contribution in [2.24, 2.45) is 0 Å². The van der Waals surface area contributed by atoms with Gasteiger partial charge in [-0.25, -0.2) is 0 Å². The molecule has 1 fully saturated rings. The minimum Gasteiger partial charge on any atom is -0.324 e. The SMILES string of the molecule is Cc1cc(NC(=O)C2CCCN2C(=O)C(F)(F)F)ccc1Br. The van der Waals surface area contributed by atoms with Crippen LogP contribution in [0.3, 0.4) is 0 Å². The van der Waals surface area contributed by atoms with Gasteiger partial charge in [-0.3, -0.25) is 9.59 Å². The number of likely N-dealkylation sites (tertiary alicyclic amines) is 1. The fraction of sp³-hybridized carbons (Fsp3) is 0.429. The highest BCUT2D eigenvalue weighted by Crippen LogP contribution is 2.27. The molecule has 0 aliphatic carbocycles. The number of nitrogens with one attached hydrogen (secondary N) is 1. The highest BCUT2D eigenvalue weighted by molar-refractivity contribution is 9.10. The number of carbonyl (C=O) groups excluding carboxylic acids is 2. The van der Waals surface area contributed by atoms with Crippen LogP contribution in [0, 0.1) is 6.92 Å². The quantitative estimate of drug-likeness (QED) is 0.858. The molecule has 1 unspecified atom stereocenters. The topological polar surface area (TPSA) is 49.4 Å². The van der Waals surface area contributed by atoms with Crippen molar-refractivity contribution < 1.29 is 22.8 Å². The molecule has 4 nitrogen and oxygen atoms in total. The van der Waals surface area contributed by atoms with Crippen LogP contribution in [0.2, 0.25) is 0 Å². The molecule has 1 aromatic carbocycles. The first-order chi connectivity index (χ1) is 10.2. The van der Waals surface area contributed by atoms with Gasteiger partial charge in [0.05, 0.1) is 0 Å². The first kappa shape index (κ1) is 16.8. The second-order valence-electron chi connectivity index (χ2n) is 5.11. The molecule has 1 saturated heterocycles. The second-order valence-corrected chi connectivity index (χ2v) is 5.96. The van der Waals surface area contributed by atoms with Crippen molar-refractivity contribution in [2.45, 2.75) is 32.0 Å². The van der Waals surface area contributed by atoms with Crippen LogP contribution in [0.1, 0.15) is 18.4 Å². The Bertz CT molecular complexity index is 604. The smallest absolute Gasteiger partial charge is 0.324 e. The number of hydrogen-bond donors (Lipinski definition) is 1. The van der Waals surface area contributed by atoms with Gasteiger partial charge in [-0.2, -0.15) is 13.2 Å². The van der Waals surface area contributed by atoms with Crippen molar-refractivity contribution in [3.63, 3.8) is 0 Å². The lowest BCUT2D eigenvalue weighted by Gasteiger charge is -2.24. The van der Waals surface area contributed by atoms with E-state index in [9.17, 15) is 22.8 Å². The lowest BCUT2D eigenvalue weighted by atomic mass is 10.2. The van der Waals surface area contributed by atoms with E-state index in [0.29, 0.717) is 17.0 Å². The Hall–Kier alpha value is -1.57. The zero-order chi connectivity index (χ0) is 16.5. The molecule has 0 saturated carbocycles. The van der Waals surface area contributed by atoms with E-state index >= 15 is 0 Å². The van der Waals surface area contributed by atoms with Gasteiger partial charge in [-0.1, -0.05) is 15.9 Å². The molecular formula is C14H14BrF3N2O2. The van der Waals surface area contributed by atoms with Crippen molar-refractivity contribution in [3.8, 4) is 0 Å². The monoisotopic (exact) mass is 378 g/mol. The Morgan fingerprint density at radius 1 is 1.36 bits per heavy atom. The summed E-state index contributed by atoms with van der Waals surface area (Å²) in [6, 6.07) is 3.99. The van der Waals surface area contributed by atoms with Crippen molar-refractivity contribution in [1.82, 2.24) is 4.90 Å². The fourth-order valence-corrected chi connectivity index (χ4v) is 2.64. The molecule has 1 aliphatic heterocycles. The molecule has 8 heteroatoms.